The topological polar surface area (TPSA) is 12.0 Å². The maximum atomic E-state index is 13.3. The lowest BCUT2D eigenvalue weighted by Gasteiger charge is -2.14. The van der Waals surface area contributed by atoms with Crippen LogP contribution in [0.3, 0.4) is 0 Å². The van der Waals surface area contributed by atoms with E-state index in [9.17, 15) is 4.39 Å². The molecule has 0 bridgehead atoms. The van der Waals surface area contributed by atoms with Gasteiger partial charge in [-0.2, -0.15) is 11.3 Å². The maximum absolute atomic E-state index is 13.3. The summed E-state index contributed by atoms with van der Waals surface area (Å²) in [6.07, 6.45) is 0. The van der Waals surface area contributed by atoms with Gasteiger partial charge in [0.25, 0.3) is 0 Å². The molecule has 1 nitrogen and oxygen atoms in total. The number of anilines is 1. The van der Waals surface area contributed by atoms with Gasteiger partial charge in [-0.1, -0.05) is 6.07 Å². The van der Waals surface area contributed by atoms with E-state index in [4.69, 9.17) is 0 Å². The predicted octanol–water partition coefficient (Wildman–Crippen LogP) is 4.37. The Morgan fingerprint density at radius 2 is 2.12 bits per heavy atom. The second-order valence-corrected chi connectivity index (χ2v) is 4.67. The molecule has 1 aromatic carbocycles. The number of halogens is 1. The monoisotopic (exact) mass is 235 g/mol. The van der Waals surface area contributed by atoms with Crippen LogP contribution in [0.2, 0.25) is 0 Å². The standard InChI is InChI=1S/C13H14FNS/c1-9-3-4-12(7-13(9)14)15-10(2)11-5-6-16-8-11/h3-8,10,15H,1-2H3. The minimum Gasteiger partial charge on any atom is -0.378 e. The van der Waals surface area contributed by atoms with Gasteiger partial charge in [0.05, 0.1) is 0 Å². The molecule has 0 amide bonds. The number of rotatable bonds is 3. The zero-order valence-corrected chi connectivity index (χ0v) is 10.1. The molecule has 1 aromatic heterocycles. The summed E-state index contributed by atoms with van der Waals surface area (Å²) in [6, 6.07) is 7.51. The summed E-state index contributed by atoms with van der Waals surface area (Å²) in [4.78, 5) is 0. The van der Waals surface area contributed by atoms with Crippen molar-refractivity contribution in [2.45, 2.75) is 19.9 Å². The third-order valence-electron chi connectivity index (χ3n) is 2.60. The lowest BCUT2D eigenvalue weighted by Crippen LogP contribution is -2.05. The minimum absolute atomic E-state index is 0.164. The van der Waals surface area contributed by atoms with Crippen molar-refractivity contribution in [3.8, 4) is 0 Å². The Kier molecular flexibility index (Phi) is 3.25. The van der Waals surface area contributed by atoms with Gasteiger partial charge in [0.15, 0.2) is 0 Å². The molecule has 1 heterocycles. The van der Waals surface area contributed by atoms with E-state index in [-0.39, 0.29) is 11.9 Å². The first kappa shape index (κ1) is 11.1. The van der Waals surface area contributed by atoms with Gasteiger partial charge in [-0.25, -0.2) is 4.39 Å². The van der Waals surface area contributed by atoms with Crippen molar-refractivity contribution < 1.29 is 4.39 Å². The molecular formula is C13H14FNS. The molecule has 16 heavy (non-hydrogen) atoms. The van der Waals surface area contributed by atoms with Crippen LogP contribution in [0.4, 0.5) is 10.1 Å². The van der Waals surface area contributed by atoms with Crippen molar-refractivity contribution >= 4 is 17.0 Å². The van der Waals surface area contributed by atoms with Crippen molar-refractivity contribution in [1.82, 2.24) is 0 Å². The molecule has 2 rings (SSSR count). The molecular weight excluding hydrogens is 221 g/mol. The third-order valence-corrected chi connectivity index (χ3v) is 3.30. The van der Waals surface area contributed by atoms with E-state index in [1.165, 1.54) is 11.6 Å². The van der Waals surface area contributed by atoms with Gasteiger partial charge in [0, 0.05) is 11.7 Å². The molecule has 0 saturated carbocycles. The van der Waals surface area contributed by atoms with Crippen molar-refractivity contribution in [1.29, 1.82) is 0 Å². The van der Waals surface area contributed by atoms with E-state index in [0.717, 1.165) is 5.69 Å². The molecule has 0 aliphatic heterocycles. The summed E-state index contributed by atoms with van der Waals surface area (Å²) in [7, 11) is 0. The first-order valence-corrected chi connectivity index (χ1v) is 6.16. The molecule has 0 spiro atoms. The lowest BCUT2D eigenvalue weighted by molar-refractivity contribution is 0.618. The zero-order chi connectivity index (χ0) is 11.5. The van der Waals surface area contributed by atoms with E-state index in [0.29, 0.717) is 5.56 Å². The van der Waals surface area contributed by atoms with Crippen LogP contribution >= 0.6 is 11.3 Å². The number of hydrogen-bond donors (Lipinski definition) is 1. The molecule has 0 aliphatic rings. The second kappa shape index (κ2) is 4.66. The molecule has 84 valence electrons. The highest BCUT2D eigenvalue weighted by molar-refractivity contribution is 7.07. The number of thiophene rings is 1. The molecule has 0 fully saturated rings. The molecule has 0 aliphatic carbocycles. The van der Waals surface area contributed by atoms with E-state index < -0.39 is 0 Å². The van der Waals surface area contributed by atoms with Gasteiger partial charge in [-0.05, 0) is 53.9 Å². The quantitative estimate of drug-likeness (QED) is 0.833. The Morgan fingerprint density at radius 3 is 2.75 bits per heavy atom. The van der Waals surface area contributed by atoms with E-state index >= 15 is 0 Å². The Balaban J connectivity index is 2.12. The highest BCUT2D eigenvalue weighted by Crippen LogP contribution is 2.22. The van der Waals surface area contributed by atoms with E-state index in [1.54, 1.807) is 24.3 Å². The highest BCUT2D eigenvalue weighted by atomic mass is 32.1. The Labute approximate surface area is 98.9 Å². The summed E-state index contributed by atoms with van der Waals surface area (Å²) in [5.41, 5.74) is 2.72. The summed E-state index contributed by atoms with van der Waals surface area (Å²) >= 11 is 1.67. The molecule has 3 heteroatoms. The minimum atomic E-state index is -0.164. The molecule has 1 N–H and O–H groups in total. The van der Waals surface area contributed by atoms with Gasteiger partial charge in [-0.3, -0.25) is 0 Å². The third kappa shape index (κ3) is 2.42. The molecule has 0 radical (unpaired) electrons. The normalized spacial score (nSPS) is 12.4. The van der Waals surface area contributed by atoms with Crippen LogP contribution in [-0.4, -0.2) is 0 Å². The smallest absolute Gasteiger partial charge is 0.128 e. The zero-order valence-electron chi connectivity index (χ0n) is 9.33. The van der Waals surface area contributed by atoms with Crippen LogP contribution in [0, 0.1) is 12.7 Å². The Bertz CT molecular complexity index is 465. The number of benzene rings is 1. The second-order valence-electron chi connectivity index (χ2n) is 3.89. The fourth-order valence-corrected chi connectivity index (χ4v) is 2.29. The van der Waals surface area contributed by atoms with Crippen molar-refractivity contribution in [3.63, 3.8) is 0 Å². The number of hydrogen-bond acceptors (Lipinski definition) is 2. The van der Waals surface area contributed by atoms with E-state index in [2.05, 4.69) is 23.7 Å². The average molecular weight is 235 g/mol. The van der Waals surface area contributed by atoms with Gasteiger partial charge in [-0.15, -0.1) is 0 Å². The van der Waals surface area contributed by atoms with Crippen LogP contribution in [0.1, 0.15) is 24.1 Å². The molecule has 2 aromatic rings. The van der Waals surface area contributed by atoms with Crippen LogP contribution in [0.5, 0.6) is 0 Å². The van der Waals surface area contributed by atoms with Crippen LogP contribution in [0.25, 0.3) is 0 Å². The fraction of sp³-hybridized carbons (Fsp3) is 0.231. The highest BCUT2D eigenvalue weighted by Gasteiger charge is 2.06. The Morgan fingerprint density at radius 1 is 1.31 bits per heavy atom. The van der Waals surface area contributed by atoms with Crippen LogP contribution < -0.4 is 5.32 Å². The summed E-state index contributed by atoms with van der Waals surface area (Å²) in [6.45, 7) is 3.83. The van der Waals surface area contributed by atoms with Gasteiger partial charge in [0.2, 0.25) is 0 Å². The van der Waals surface area contributed by atoms with Crippen LogP contribution in [0.15, 0.2) is 35.0 Å². The summed E-state index contributed by atoms with van der Waals surface area (Å²) in [5, 5.41) is 7.42. The summed E-state index contributed by atoms with van der Waals surface area (Å²) < 4.78 is 13.3. The largest absolute Gasteiger partial charge is 0.378 e. The number of aryl methyl sites for hydroxylation is 1. The van der Waals surface area contributed by atoms with Crippen LogP contribution in [-0.2, 0) is 0 Å². The van der Waals surface area contributed by atoms with Gasteiger partial charge < -0.3 is 5.32 Å². The molecule has 1 atom stereocenters. The van der Waals surface area contributed by atoms with Crippen molar-refractivity contribution in [3.05, 3.63) is 52.0 Å². The van der Waals surface area contributed by atoms with E-state index in [1.807, 2.05) is 11.4 Å². The summed E-state index contributed by atoms with van der Waals surface area (Å²) in [5.74, 6) is -0.164. The Hall–Kier alpha value is -1.35. The van der Waals surface area contributed by atoms with Crippen molar-refractivity contribution in [2.24, 2.45) is 0 Å². The first-order valence-electron chi connectivity index (χ1n) is 5.21. The van der Waals surface area contributed by atoms with Crippen molar-refractivity contribution in [2.75, 3.05) is 5.32 Å². The SMILES string of the molecule is Cc1ccc(NC(C)c2ccsc2)cc1F. The van der Waals surface area contributed by atoms with Gasteiger partial charge >= 0.3 is 0 Å². The first-order chi connectivity index (χ1) is 7.66. The lowest BCUT2D eigenvalue weighted by atomic mass is 10.1. The maximum Gasteiger partial charge on any atom is 0.128 e. The fourth-order valence-electron chi connectivity index (χ4n) is 1.54. The molecule has 1 unspecified atom stereocenters. The molecule has 0 saturated heterocycles. The number of nitrogens with one attached hydrogen (secondary N) is 1. The van der Waals surface area contributed by atoms with Gasteiger partial charge in [0.1, 0.15) is 5.82 Å². The predicted molar refractivity (Wildman–Crippen MR) is 67.5 cm³/mol. The average Bonchev–Trinajstić information content (AvgIpc) is 2.77.